The third kappa shape index (κ3) is 3.58. The third-order valence-corrected chi connectivity index (χ3v) is 5.49. The standard InChI is InChI=1S/C12H16INO2S/c1-9-8-10(13)2-3-12(9)14-11-4-6-17(15,16)7-5-11/h2-3,8,11,14H,4-7H2,1H3. The predicted molar refractivity (Wildman–Crippen MR) is 79.2 cm³/mol. The summed E-state index contributed by atoms with van der Waals surface area (Å²) in [6.45, 7) is 2.07. The molecule has 0 spiro atoms. The molecule has 0 radical (unpaired) electrons. The molecule has 1 aromatic carbocycles. The molecular formula is C12H16INO2S. The number of sulfone groups is 1. The first-order chi connectivity index (χ1) is 7.96. The van der Waals surface area contributed by atoms with Crippen molar-refractivity contribution in [2.24, 2.45) is 0 Å². The van der Waals surface area contributed by atoms with Crippen LogP contribution in [0.25, 0.3) is 0 Å². The molecule has 1 N–H and O–H groups in total. The van der Waals surface area contributed by atoms with Gasteiger partial charge in [-0.2, -0.15) is 0 Å². The molecule has 0 aliphatic carbocycles. The molecule has 0 aromatic heterocycles. The minimum absolute atomic E-state index is 0.289. The highest BCUT2D eigenvalue weighted by molar-refractivity contribution is 14.1. The average molecular weight is 365 g/mol. The number of nitrogens with one attached hydrogen (secondary N) is 1. The fourth-order valence-electron chi connectivity index (χ4n) is 2.04. The van der Waals surface area contributed by atoms with Gasteiger partial charge in [0.1, 0.15) is 9.84 Å². The predicted octanol–water partition coefficient (Wildman–Crippen LogP) is 2.59. The molecule has 1 fully saturated rings. The number of aryl methyl sites for hydroxylation is 1. The van der Waals surface area contributed by atoms with Crippen molar-refractivity contribution in [1.29, 1.82) is 0 Å². The van der Waals surface area contributed by atoms with Crippen molar-refractivity contribution in [2.45, 2.75) is 25.8 Å². The summed E-state index contributed by atoms with van der Waals surface area (Å²) in [5, 5.41) is 3.45. The Morgan fingerprint density at radius 1 is 1.29 bits per heavy atom. The Kier molecular flexibility index (Phi) is 3.97. The summed E-state index contributed by atoms with van der Waals surface area (Å²) < 4.78 is 23.9. The molecule has 3 nitrogen and oxygen atoms in total. The van der Waals surface area contributed by atoms with Crippen LogP contribution in [0.15, 0.2) is 18.2 Å². The zero-order valence-electron chi connectivity index (χ0n) is 9.74. The van der Waals surface area contributed by atoms with E-state index in [2.05, 4.69) is 53.0 Å². The highest BCUT2D eigenvalue weighted by atomic mass is 127. The lowest BCUT2D eigenvalue weighted by Gasteiger charge is -2.25. The van der Waals surface area contributed by atoms with Gasteiger partial charge < -0.3 is 5.32 Å². The van der Waals surface area contributed by atoms with Gasteiger partial charge in [0.2, 0.25) is 0 Å². The van der Waals surface area contributed by atoms with E-state index in [0.717, 1.165) is 5.69 Å². The highest BCUT2D eigenvalue weighted by Crippen LogP contribution is 2.22. The molecule has 17 heavy (non-hydrogen) atoms. The van der Waals surface area contributed by atoms with Crippen LogP contribution in [0.3, 0.4) is 0 Å². The van der Waals surface area contributed by atoms with Gasteiger partial charge in [-0.05, 0) is 66.1 Å². The molecule has 1 aliphatic rings. The van der Waals surface area contributed by atoms with E-state index in [0.29, 0.717) is 24.3 Å². The molecule has 0 amide bonds. The molecule has 0 bridgehead atoms. The Balaban J connectivity index is 2.02. The summed E-state index contributed by atoms with van der Waals surface area (Å²) in [5.41, 5.74) is 2.33. The van der Waals surface area contributed by atoms with E-state index in [1.165, 1.54) is 9.13 Å². The van der Waals surface area contributed by atoms with Gasteiger partial charge in [0.25, 0.3) is 0 Å². The van der Waals surface area contributed by atoms with Gasteiger partial charge in [0.15, 0.2) is 0 Å². The van der Waals surface area contributed by atoms with Gasteiger partial charge in [-0.25, -0.2) is 8.42 Å². The molecule has 1 aliphatic heterocycles. The number of halogens is 1. The first-order valence-corrected chi connectivity index (χ1v) is 8.59. The molecular weight excluding hydrogens is 349 g/mol. The third-order valence-electron chi connectivity index (χ3n) is 3.10. The van der Waals surface area contributed by atoms with Crippen LogP contribution in [0, 0.1) is 10.5 Å². The highest BCUT2D eigenvalue weighted by Gasteiger charge is 2.23. The second-order valence-corrected chi connectivity index (χ2v) is 8.08. The summed E-state index contributed by atoms with van der Waals surface area (Å²) in [5.74, 6) is 0.627. The molecule has 1 heterocycles. The lowest BCUT2D eigenvalue weighted by molar-refractivity contribution is 0.559. The van der Waals surface area contributed by atoms with Crippen molar-refractivity contribution in [3.8, 4) is 0 Å². The van der Waals surface area contributed by atoms with Crippen molar-refractivity contribution in [2.75, 3.05) is 16.8 Å². The normalized spacial score (nSPS) is 20.1. The van der Waals surface area contributed by atoms with E-state index in [4.69, 9.17) is 0 Å². The van der Waals surface area contributed by atoms with E-state index < -0.39 is 9.84 Å². The largest absolute Gasteiger partial charge is 0.382 e. The van der Waals surface area contributed by atoms with E-state index in [-0.39, 0.29) is 6.04 Å². The molecule has 1 aromatic rings. The SMILES string of the molecule is Cc1cc(I)ccc1NC1CCS(=O)(=O)CC1. The van der Waals surface area contributed by atoms with Crippen LogP contribution in [-0.2, 0) is 9.84 Å². The second-order valence-electron chi connectivity index (χ2n) is 4.53. The summed E-state index contributed by atoms with van der Waals surface area (Å²) in [4.78, 5) is 0. The number of rotatable bonds is 2. The molecule has 5 heteroatoms. The van der Waals surface area contributed by atoms with E-state index in [9.17, 15) is 8.42 Å². The first-order valence-electron chi connectivity index (χ1n) is 5.69. The lowest BCUT2D eigenvalue weighted by atomic mass is 10.1. The minimum Gasteiger partial charge on any atom is -0.382 e. The maximum atomic E-state index is 11.3. The fraction of sp³-hybridized carbons (Fsp3) is 0.500. The Bertz CT molecular complexity index is 499. The zero-order chi connectivity index (χ0) is 12.5. The van der Waals surface area contributed by atoms with Crippen LogP contribution in [-0.4, -0.2) is 26.0 Å². The van der Waals surface area contributed by atoms with Crippen LogP contribution in [0.5, 0.6) is 0 Å². The summed E-state index contributed by atoms with van der Waals surface area (Å²) in [6, 6.07) is 6.55. The van der Waals surface area contributed by atoms with Gasteiger partial charge in [-0.1, -0.05) is 0 Å². The van der Waals surface area contributed by atoms with E-state index in [1.54, 1.807) is 0 Å². The second kappa shape index (κ2) is 5.14. The van der Waals surface area contributed by atoms with Crippen LogP contribution in [0.2, 0.25) is 0 Å². The van der Waals surface area contributed by atoms with E-state index >= 15 is 0 Å². The maximum Gasteiger partial charge on any atom is 0.150 e. The van der Waals surface area contributed by atoms with Gasteiger partial charge in [-0.3, -0.25) is 0 Å². The monoisotopic (exact) mass is 365 g/mol. The van der Waals surface area contributed by atoms with Crippen molar-refractivity contribution in [3.05, 3.63) is 27.3 Å². The summed E-state index contributed by atoms with van der Waals surface area (Å²) in [7, 11) is -2.77. The average Bonchev–Trinajstić information content (AvgIpc) is 2.25. The zero-order valence-corrected chi connectivity index (χ0v) is 12.7. The van der Waals surface area contributed by atoms with Crippen molar-refractivity contribution in [1.82, 2.24) is 0 Å². The quantitative estimate of drug-likeness (QED) is 0.820. The van der Waals surface area contributed by atoms with E-state index in [1.807, 2.05) is 0 Å². The van der Waals surface area contributed by atoms with Crippen molar-refractivity contribution in [3.63, 3.8) is 0 Å². The summed E-state index contributed by atoms with van der Waals surface area (Å²) >= 11 is 2.29. The molecule has 1 saturated heterocycles. The number of hydrogen-bond donors (Lipinski definition) is 1. The first kappa shape index (κ1) is 13.1. The number of benzene rings is 1. The fourth-order valence-corrected chi connectivity index (χ4v) is 4.18. The van der Waals surface area contributed by atoms with Gasteiger partial charge >= 0.3 is 0 Å². The maximum absolute atomic E-state index is 11.3. The van der Waals surface area contributed by atoms with Crippen molar-refractivity contribution >= 4 is 38.1 Å². The topological polar surface area (TPSA) is 46.2 Å². The van der Waals surface area contributed by atoms with Crippen molar-refractivity contribution < 1.29 is 8.42 Å². The van der Waals surface area contributed by atoms with Gasteiger partial charge in [0.05, 0.1) is 11.5 Å². The van der Waals surface area contributed by atoms with Crippen LogP contribution < -0.4 is 5.32 Å². The lowest BCUT2D eigenvalue weighted by Crippen LogP contribution is -2.32. The van der Waals surface area contributed by atoms with Gasteiger partial charge in [-0.15, -0.1) is 0 Å². The molecule has 0 saturated carbocycles. The Morgan fingerprint density at radius 2 is 1.94 bits per heavy atom. The number of anilines is 1. The molecule has 0 unspecified atom stereocenters. The van der Waals surface area contributed by atoms with Crippen LogP contribution >= 0.6 is 22.6 Å². The minimum atomic E-state index is -2.77. The Labute approximate surface area is 116 Å². The van der Waals surface area contributed by atoms with Crippen LogP contribution in [0.1, 0.15) is 18.4 Å². The molecule has 94 valence electrons. The van der Waals surface area contributed by atoms with Crippen LogP contribution in [0.4, 0.5) is 5.69 Å². The smallest absolute Gasteiger partial charge is 0.150 e. The molecule has 2 rings (SSSR count). The van der Waals surface area contributed by atoms with Gasteiger partial charge in [0, 0.05) is 15.3 Å². The Hall–Kier alpha value is -0.300. The Morgan fingerprint density at radius 3 is 2.53 bits per heavy atom. The number of hydrogen-bond acceptors (Lipinski definition) is 3. The molecule has 0 atom stereocenters. The summed E-state index contributed by atoms with van der Waals surface area (Å²) in [6.07, 6.45) is 1.43.